The Kier molecular flexibility index (Phi) is 3.74. The molecule has 0 aliphatic carbocycles. The van der Waals surface area contributed by atoms with Crippen molar-refractivity contribution in [2.45, 2.75) is 44.7 Å². The molecule has 2 aliphatic heterocycles. The third-order valence-electron chi connectivity index (χ3n) is 4.52. The molecule has 108 valence electrons. The molecule has 20 heavy (non-hydrogen) atoms. The summed E-state index contributed by atoms with van der Waals surface area (Å²) in [7, 11) is 0. The molecule has 4 heteroatoms. The van der Waals surface area contributed by atoms with E-state index in [0.29, 0.717) is 6.04 Å². The highest BCUT2D eigenvalue weighted by molar-refractivity contribution is 5.94. The van der Waals surface area contributed by atoms with E-state index >= 15 is 0 Å². The third kappa shape index (κ3) is 2.70. The summed E-state index contributed by atoms with van der Waals surface area (Å²) >= 11 is 0. The number of aryl methyl sites for hydroxylation is 1. The first-order valence-electron chi connectivity index (χ1n) is 7.44. The second kappa shape index (κ2) is 5.52. The van der Waals surface area contributed by atoms with Crippen molar-refractivity contribution in [1.82, 2.24) is 10.2 Å². The Balaban J connectivity index is 1.65. The molecule has 0 radical (unpaired) electrons. The van der Waals surface area contributed by atoms with Gasteiger partial charge in [-0.25, -0.2) is 4.39 Å². The molecule has 0 saturated carbocycles. The number of nitrogens with one attached hydrogen (secondary N) is 1. The van der Waals surface area contributed by atoms with Crippen molar-refractivity contribution in [3.05, 3.63) is 35.1 Å². The second-order valence-corrected chi connectivity index (χ2v) is 6.01. The number of piperidine rings is 1. The highest BCUT2D eigenvalue weighted by Gasteiger charge is 2.32. The van der Waals surface area contributed by atoms with E-state index in [1.807, 2.05) is 6.92 Å². The average molecular weight is 276 g/mol. The Labute approximate surface area is 119 Å². The minimum absolute atomic E-state index is 0.166. The molecule has 1 aromatic carbocycles. The van der Waals surface area contributed by atoms with Crippen LogP contribution in [-0.4, -0.2) is 36.0 Å². The summed E-state index contributed by atoms with van der Waals surface area (Å²) < 4.78 is 13.7. The predicted molar refractivity (Wildman–Crippen MR) is 76.2 cm³/mol. The van der Waals surface area contributed by atoms with Crippen LogP contribution < -0.4 is 5.32 Å². The molecule has 1 aromatic rings. The van der Waals surface area contributed by atoms with Crippen molar-refractivity contribution in [3.8, 4) is 0 Å². The Hall–Kier alpha value is -1.42. The van der Waals surface area contributed by atoms with Crippen LogP contribution in [0.3, 0.4) is 0 Å². The van der Waals surface area contributed by atoms with Crippen LogP contribution in [0.15, 0.2) is 18.2 Å². The van der Waals surface area contributed by atoms with Crippen LogP contribution in [0.1, 0.15) is 41.6 Å². The molecule has 2 unspecified atom stereocenters. The molecule has 0 bridgehead atoms. The number of fused-ring (bicyclic) bond motifs is 1. The van der Waals surface area contributed by atoms with E-state index in [0.717, 1.165) is 24.9 Å². The zero-order valence-electron chi connectivity index (χ0n) is 11.9. The van der Waals surface area contributed by atoms with E-state index in [1.165, 1.54) is 25.5 Å². The van der Waals surface area contributed by atoms with E-state index in [4.69, 9.17) is 0 Å². The van der Waals surface area contributed by atoms with Crippen LogP contribution in [0, 0.1) is 12.7 Å². The summed E-state index contributed by atoms with van der Waals surface area (Å²) in [5.74, 6) is -0.714. The van der Waals surface area contributed by atoms with Crippen LogP contribution in [0.25, 0.3) is 0 Å². The Morgan fingerprint density at radius 3 is 3.05 bits per heavy atom. The normalized spacial score (nSPS) is 26.3. The van der Waals surface area contributed by atoms with Crippen LogP contribution in [-0.2, 0) is 0 Å². The summed E-state index contributed by atoms with van der Waals surface area (Å²) in [4.78, 5) is 14.7. The first-order valence-corrected chi connectivity index (χ1v) is 7.44. The molecule has 2 aliphatic rings. The number of carbonyl (C=O) groups is 1. The highest BCUT2D eigenvalue weighted by atomic mass is 19.1. The van der Waals surface area contributed by atoms with Crippen molar-refractivity contribution in [3.63, 3.8) is 0 Å². The summed E-state index contributed by atoms with van der Waals surface area (Å²) in [6.45, 7) is 4.11. The largest absolute Gasteiger partial charge is 0.349 e. The van der Waals surface area contributed by atoms with Gasteiger partial charge in [-0.1, -0.05) is 11.6 Å². The number of halogens is 1. The van der Waals surface area contributed by atoms with E-state index in [-0.39, 0.29) is 17.5 Å². The highest BCUT2D eigenvalue weighted by Crippen LogP contribution is 2.27. The molecule has 2 saturated heterocycles. The fourth-order valence-corrected chi connectivity index (χ4v) is 3.43. The van der Waals surface area contributed by atoms with Gasteiger partial charge in [0, 0.05) is 18.6 Å². The fourth-order valence-electron chi connectivity index (χ4n) is 3.43. The molecular formula is C16H21FN2O. The first kappa shape index (κ1) is 13.6. The van der Waals surface area contributed by atoms with Gasteiger partial charge in [0.05, 0.1) is 5.56 Å². The summed E-state index contributed by atoms with van der Waals surface area (Å²) in [5.41, 5.74) is 1.07. The topological polar surface area (TPSA) is 32.3 Å². The Bertz CT molecular complexity index is 517. The third-order valence-corrected chi connectivity index (χ3v) is 4.52. The lowest BCUT2D eigenvalue weighted by atomic mass is 9.97. The number of benzene rings is 1. The van der Waals surface area contributed by atoms with Crippen LogP contribution in [0.2, 0.25) is 0 Å². The zero-order chi connectivity index (χ0) is 14.1. The van der Waals surface area contributed by atoms with Gasteiger partial charge in [0.15, 0.2) is 0 Å². The monoisotopic (exact) mass is 276 g/mol. The van der Waals surface area contributed by atoms with Gasteiger partial charge in [0.25, 0.3) is 5.91 Å². The van der Waals surface area contributed by atoms with Crippen LogP contribution >= 0.6 is 0 Å². The molecule has 1 amide bonds. The quantitative estimate of drug-likeness (QED) is 0.900. The second-order valence-electron chi connectivity index (χ2n) is 6.01. The van der Waals surface area contributed by atoms with Gasteiger partial charge in [-0.2, -0.15) is 0 Å². The van der Waals surface area contributed by atoms with Crippen molar-refractivity contribution in [2.75, 3.05) is 13.1 Å². The maximum absolute atomic E-state index is 13.7. The van der Waals surface area contributed by atoms with Crippen molar-refractivity contribution in [1.29, 1.82) is 0 Å². The minimum Gasteiger partial charge on any atom is -0.349 e. The maximum Gasteiger partial charge on any atom is 0.254 e. The van der Waals surface area contributed by atoms with Gasteiger partial charge in [-0.05, 0) is 51.3 Å². The van der Waals surface area contributed by atoms with Crippen LogP contribution in [0.4, 0.5) is 4.39 Å². The SMILES string of the molecule is Cc1ccc(F)c(C(=O)NC2CCN3CCCC3C2)c1. The minimum atomic E-state index is -0.439. The van der Waals surface area contributed by atoms with Gasteiger partial charge in [-0.15, -0.1) is 0 Å². The first-order chi connectivity index (χ1) is 9.63. The van der Waals surface area contributed by atoms with Crippen LogP contribution in [0.5, 0.6) is 0 Å². The molecule has 3 nitrogen and oxygen atoms in total. The van der Waals surface area contributed by atoms with E-state index in [9.17, 15) is 9.18 Å². The number of hydrogen-bond donors (Lipinski definition) is 1. The lowest BCUT2D eigenvalue weighted by Gasteiger charge is -2.35. The molecular weight excluding hydrogens is 255 g/mol. The summed E-state index contributed by atoms with van der Waals surface area (Å²) in [5, 5.41) is 3.01. The number of carbonyl (C=O) groups excluding carboxylic acids is 1. The van der Waals surface area contributed by atoms with E-state index < -0.39 is 5.82 Å². The Morgan fingerprint density at radius 2 is 2.20 bits per heavy atom. The van der Waals surface area contributed by atoms with Gasteiger partial charge in [0.1, 0.15) is 5.82 Å². The number of amides is 1. The lowest BCUT2D eigenvalue weighted by molar-refractivity contribution is 0.0892. The van der Waals surface area contributed by atoms with Gasteiger partial charge >= 0.3 is 0 Å². The molecule has 2 heterocycles. The van der Waals surface area contributed by atoms with Gasteiger partial charge in [-0.3, -0.25) is 4.79 Å². The number of nitrogens with zero attached hydrogens (tertiary/aromatic N) is 1. The van der Waals surface area contributed by atoms with E-state index in [2.05, 4.69) is 10.2 Å². The fraction of sp³-hybridized carbons (Fsp3) is 0.562. The standard InChI is InChI=1S/C16H21FN2O/c1-11-4-5-15(17)14(9-11)16(20)18-12-6-8-19-7-2-3-13(19)10-12/h4-5,9,12-13H,2-3,6-8,10H2,1H3,(H,18,20). The van der Waals surface area contributed by atoms with Gasteiger partial charge in [0.2, 0.25) is 0 Å². The predicted octanol–water partition coefficient (Wildman–Crippen LogP) is 2.49. The van der Waals surface area contributed by atoms with Crippen molar-refractivity contribution >= 4 is 5.91 Å². The molecule has 0 spiro atoms. The lowest BCUT2D eigenvalue weighted by Crippen LogP contribution is -2.47. The van der Waals surface area contributed by atoms with Crippen molar-refractivity contribution < 1.29 is 9.18 Å². The molecule has 1 N–H and O–H groups in total. The maximum atomic E-state index is 13.7. The number of rotatable bonds is 2. The summed E-state index contributed by atoms with van der Waals surface area (Å²) in [6, 6.07) is 5.46. The molecule has 2 fully saturated rings. The zero-order valence-corrected chi connectivity index (χ0v) is 11.9. The summed E-state index contributed by atoms with van der Waals surface area (Å²) in [6.07, 6.45) is 4.46. The molecule has 3 rings (SSSR count). The molecule has 2 atom stereocenters. The molecule has 0 aromatic heterocycles. The van der Waals surface area contributed by atoms with E-state index in [1.54, 1.807) is 12.1 Å². The average Bonchev–Trinajstić information content (AvgIpc) is 2.89. The Morgan fingerprint density at radius 1 is 1.35 bits per heavy atom. The number of hydrogen-bond acceptors (Lipinski definition) is 2. The van der Waals surface area contributed by atoms with Gasteiger partial charge < -0.3 is 10.2 Å². The smallest absolute Gasteiger partial charge is 0.254 e. The van der Waals surface area contributed by atoms with Crippen molar-refractivity contribution in [2.24, 2.45) is 0 Å².